The van der Waals surface area contributed by atoms with Crippen LogP contribution in [0.15, 0.2) is 48.8 Å². The van der Waals surface area contributed by atoms with Gasteiger partial charge in [0.15, 0.2) is 0 Å². The van der Waals surface area contributed by atoms with Crippen LogP contribution in [-0.4, -0.2) is 98.6 Å². The Morgan fingerprint density at radius 3 is 2.58 bits per heavy atom. The minimum Gasteiger partial charge on any atom is -0.481 e. The second kappa shape index (κ2) is 14.7. The molecule has 6 rings (SSSR count). The maximum absolute atomic E-state index is 15.5. The maximum atomic E-state index is 15.5. The first-order valence-corrected chi connectivity index (χ1v) is 17.3. The van der Waals surface area contributed by atoms with Gasteiger partial charge in [-0.05, 0) is 36.6 Å². The number of halogens is 5. The Hall–Kier alpha value is -4.05. The molecule has 2 aromatic heterocycles. The van der Waals surface area contributed by atoms with E-state index in [9.17, 15) is 27.6 Å². The van der Waals surface area contributed by atoms with E-state index in [-0.39, 0.29) is 61.2 Å². The van der Waals surface area contributed by atoms with Crippen molar-refractivity contribution in [2.75, 3.05) is 44.6 Å². The molecule has 2 amide bonds. The van der Waals surface area contributed by atoms with Crippen LogP contribution < -0.4 is 5.32 Å². The Morgan fingerprint density at radius 1 is 1.12 bits per heavy atom. The number of amides is 2. The molecule has 2 atom stereocenters. The van der Waals surface area contributed by atoms with Gasteiger partial charge in [0.2, 0.25) is 5.91 Å². The molecule has 0 saturated carbocycles. The Morgan fingerprint density at radius 2 is 1.86 bits per heavy atom. The molecule has 0 unspecified atom stereocenters. The lowest BCUT2D eigenvalue weighted by atomic mass is 10.1. The van der Waals surface area contributed by atoms with Crippen molar-refractivity contribution in [3.05, 3.63) is 80.6 Å². The van der Waals surface area contributed by atoms with Crippen LogP contribution in [0.25, 0.3) is 10.9 Å². The number of likely N-dealkylation sites (tertiary alicyclic amines) is 1. The van der Waals surface area contributed by atoms with Crippen LogP contribution in [0.5, 0.6) is 0 Å². The molecule has 0 bridgehead atoms. The van der Waals surface area contributed by atoms with Crippen LogP contribution in [0, 0.1) is 5.82 Å². The molecule has 2 N–H and O–H groups in total. The lowest BCUT2D eigenvalue weighted by Crippen LogP contribution is -2.52. The number of piperazine rings is 1. The molecular formula is C34H35ClF4N6O4S. The average Bonchev–Trinajstić information content (AvgIpc) is 3.80. The number of anilines is 1. The van der Waals surface area contributed by atoms with Crippen LogP contribution in [0.2, 0.25) is 5.02 Å². The molecule has 2 aliphatic heterocycles. The van der Waals surface area contributed by atoms with Gasteiger partial charge in [0.1, 0.15) is 10.8 Å². The summed E-state index contributed by atoms with van der Waals surface area (Å²) >= 11 is 7.82. The molecule has 2 aromatic carbocycles. The predicted octanol–water partition coefficient (Wildman–Crippen LogP) is 5.76. The van der Waals surface area contributed by atoms with Crippen molar-refractivity contribution in [1.82, 2.24) is 24.3 Å². The number of carbonyl (C=O) groups excluding carboxylic acids is 2. The van der Waals surface area contributed by atoms with Gasteiger partial charge in [-0.1, -0.05) is 29.8 Å². The van der Waals surface area contributed by atoms with Gasteiger partial charge < -0.3 is 19.9 Å². The normalized spacial score (nSPS) is 19.0. The summed E-state index contributed by atoms with van der Waals surface area (Å²) in [7, 11) is 1.82. The molecule has 0 radical (unpaired) electrons. The molecular weight excluding hydrogens is 700 g/mol. The van der Waals surface area contributed by atoms with Crippen molar-refractivity contribution in [2.45, 2.75) is 43.9 Å². The van der Waals surface area contributed by atoms with E-state index in [1.165, 1.54) is 22.3 Å². The number of carbonyl (C=O) groups is 3. The first-order valence-electron chi connectivity index (χ1n) is 16.1. The number of nitrogens with one attached hydrogen (secondary N) is 1. The second-order valence-corrected chi connectivity index (χ2v) is 14.2. The van der Waals surface area contributed by atoms with Crippen molar-refractivity contribution in [2.24, 2.45) is 7.05 Å². The zero-order chi connectivity index (χ0) is 35.7. The number of nitrogens with zero attached hydrogens (tertiary/aromatic N) is 5. The molecule has 10 nitrogen and oxygen atoms in total. The third-order valence-electron chi connectivity index (χ3n) is 9.23. The average molecular weight is 735 g/mol. The number of fused-ring (bicyclic) bond motifs is 1. The van der Waals surface area contributed by atoms with E-state index >= 15 is 4.39 Å². The fourth-order valence-electron chi connectivity index (χ4n) is 6.75. The summed E-state index contributed by atoms with van der Waals surface area (Å²) in [5.74, 6) is -2.53. The summed E-state index contributed by atoms with van der Waals surface area (Å²) in [5, 5.41) is 13.2. The highest BCUT2D eigenvalue weighted by Crippen LogP contribution is 2.38. The van der Waals surface area contributed by atoms with Crippen LogP contribution >= 0.6 is 22.9 Å². The second-order valence-electron chi connectivity index (χ2n) is 12.7. The highest BCUT2D eigenvalue weighted by molar-refractivity contribution is 7.11. The Bertz CT molecular complexity index is 1910. The molecule has 50 heavy (non-hydrogen) atoms. The van der Waals surface area contributed by atoms with Crippen LogP contribution in [0.4, 0.5) is 23.2 Å². The molecule has 4 aromatic rings. The molecule has 266 valence electrons. The van der Waals surface area contributed by atoms with Gasteiger partial charge in [0, 0.05) is 74.0 Å². The number of rotatable bonds is 10. The number of hydrogen-bond donors (Lipinski definition) is 2. The zero-order valence-corrected chi connectivity index (χ0v) is 28.6. The molecule has 16 heteroatoms. The van der Waals surface area contributed by atoms with Crippen molar-refractivity contribution >= 4 is 57.3 Å². The zero-order valence-electron chi connectivity index (χ0n) is 27.1. The lowest BCUT2D eigenvalue weighted by Gasteiger charge is -2.38. The smallest absolute Gasteiger partial charge is 0.401 e. The summed E-state index contributed by atoms with van der Waals surface area (Å²) in [6.07, 6.45) is -0.659. The third-order valence-corrected chi connectivity index (χ3v) is 10.7. The minimum atomic E-state index is -4.29. The van der Waals surface area contributed by atoms with Crippen molar-refractivity contribution in [3.63, 3.8) is 0 Å². The summed E-state index contributed by atoms with van der Waals surface area (Å²) in [6.45, 7) is 0.551. The van der Waals surface area contributed by atoms with E-state index in [1.54, 1.807) is 17.3 Å². The monoisotopic (exact) mass is 734 g/mol. The number of thiazole rings is 1. The highest BCUT2D eigenvalue weighted by Gasteiger charge is 2.42. The Balaban J connectivity index is 1.18. The van der Waals surface area contributed by atoms with E-state index in [4.69, 9.17) is 16.7 Å². The minimum absolute atomic E-state index is 0.0346. The molecule has 4 heterocycles. The number of aliphatic carboxylic acids is 1. The number of aryl methyl sites for hydroxylation is 2. The maximum Gasteiger partial charge on any atom is 0.401 e. The number of carboxylic acid groups (broad SMARTS) is 1. The number of para-hydroxylation sites is 1. The SMILES string of the molecule is Cn1cc(C(=O)Nc2cc(F)c(CC(=O)N3C[C@@H](N4CCN(CC(F)(F)F)CC4)C[C@H]3c3ncc(CCC(=O)O)s3)cc2Cl)c2ccccc21. The Labute approximate surface area is 294 Å². The quantitative estimate of drug-likeness (QED) is 0.200. The standard InChI is InChI=1S/C34H35ClF4N6O4S/c1-42-18-24(23-4-2-3-5-28(23)42)32(49)41-27-15-26(36)20(12-25(27)35)13-30(46)45-17-21(44-10-8-43(9-11-44)19-34(37,38)39)14-29(45)33-40-16-22(50-33)6-7-31(47)48/h2-5,12,15-16,18,21,29H,6-11,13-14,17,19H2,1H3,(H,41,49)(H,47,48)/t21-,29-/m0/s1. The predicted molar refractivity (Wildman–Crippen MR) is 181 cm³/mol. The summed E-state index contributed by atoms with van der Waals surface area (Å²) < 4.78 is 56.2. The Kier molecular flexibility index (Phi) is 10.5. The van der Waals surface area contributed by atoms with E-state index in [0.717, 1.165) is 21.8 Å². The van der Waals surface area contributed by atoms with Gasteiger partial charge in [-0.15, -0.1) is 11.3 Å². The largest absolute Gasteiger partial charge is 0.481 e. The highest BCUT2D eigenvalue weighted by atomic mass is 35.5. The summed E-state index contributed by atoms with van der Waals surface area (Å²) in [6, 6.07) is 9.14. The molecule has 2 saturated heterocycles. The molecule has 2 fully saturated rings. The van der Waals surface area contributed by atoms with Gasteiger partial charge >= 0.3 is 12.1 Å². The molecule has 2 aliphatic rings. The number of benzene rings is 2. The van der Waals surface area contributed by atoms with E-state index in [2.05, 4.69) is 15.2 Å². The van der Waals surface area contributed by atoms with Crippen molar-refractivity contribution < 1.29 is 37.1 Å². The van der Waals surface area contributed by atoms with E-state index < -0.39 is 42.4 Å². The van der Waals surface area contributed by atoms with Crippen molar-refractivity contribution in [1.29, 1.82) is 0 Å². The summed E-state index contributed by atoms with van der Waals surface area (Å²) in [5.41, 5.74) is 1.33. The van der Waals surface area contributed by atoms with Crippen molar-refractivity contribution in [3.8, 4) is 0 Å². The van der Waals surface area contributed by atoms with Crippen LogP contribution in [0.3, 0.4) is 0 Å². The number of hydrogen-bond acceptors (Lipinski definition) is 7. The third kappa shape index (κ3) is 8.12. The first-order chi connectivity index (χ1) is 23.8. The number of aromatic nitrogens is 2. The first kappa shape index (κ1) is 35.8. The van der Waals surface area contributed by atoms with Crippen LogP contribution in [-0.2, 0) is 29.5 Å². The topological polar surface area (TPSA) is 111 Å². The van der Waals surface area contributed by atoms with Gasteiger partial charge in [-0.25, -0.2) is 9.37 Å². The molecule has 0 spiro atoms. The van der Waals surface area contributed by atoms with Crippen LogP contribution in [0.1, 0.15) is 44.7 Å². The summed E-state index contributed by atoms with van der Waals surface area (Å²) in [4.78, 5) is 48.5. The van der Waals surface area contributed by atoms with Gasteiger partial charge in [-0.3, -0.25) is 24.2 Å². The van der Waals surface area contributed by atoms with Gasteiger partial charge in [0.05, 0.1) is 41.7 Å². The van der Waals surface area contributed by atoms with Gasteiger partial charge in [-0.2, -0.15) is 13.2 Å². The fourth-order valence-corrected chi connectivity index (χ4v) is 8.02. The molecule has 0 aliphatic carbocycles. The van der Waals surface area contributed by atoms with E-state index in [1.807, 2.05) is 35.9 Å². The number of carboxylic acids is 1. The lowest BCUT2D eigenvalue weighted by molar-refractivity contribution is -0.150. The fraction of sp³-hybridized carbons (Fsp3) is 0.412. The van der Waals surface area contributed by atoms with Gasteiger partial charge in [0.25, 0.3) is 5.91 Å². The number of alkyl halides is 3. The van der Waals surface area contributed by atoms with E-state index in [0.29, 0.717) is 30.1 Å².